The Bertz CT molecular complexity index is 444. The molecule has 1 aromatic rings. The summed E-state index contributed by atoms with van der Waals surface area (Å²) in [6.45, 7) is 0. The Morgan fingerprint density at radius 2 is 2.00 bits per heavy atom. The molecule has 0 radical (unpaired) electrons. The quantitative estimate of drug-likeness (QED) is 0.856. The fraction of sp³-hybridized carbons (Fsp3) is 0.625. The van der Waals surface area contributed by atoms with E-state index in [1.807, 2.05) is 12.1 Å². The lowest BCUT2D eigenvalue weighted by Crippen LogP contribution is -2.28. The molecule has 0 heterocycles. The van der Waals surface area contributed by atoms with Crippen LogP contribution in [0.1, 0.15) is 38.5 Å². The van der Waals surface area contributed by atoms with Crippen LogP contribution in [0.25, 0.3) is 0 Å². The van der Waals surface area contributed by atoms with Gasteiger partial charge in [-0.05, 0) is 55.7 Å². The van der Waals surface area contributed by atoms with Crippen molar-refractivity contribution in [3.8, 4) is 5.75 Å². The van der Waals surface area contributed by atoms with E-state index in [0.29, 0.717) is 6.04 Å². The highest BCUT2D eigenvalue weighted by molar-refractivity contribution is 9.10. The SMILES string of the molecule is COc1ccc(Br)cc1NC1CCCC(C2CC2)C1. The topological polar surface area (TPSA) is 21.3 Å². The Hall–Kier alpha value is -0.700. The van der Waals surface area contributed by atoms with Gasteiger partial charge in [-0.25, -0.2) is 0 Å². The van der Waals surface area contributed by atoms with E-state index in [1.54, 1.807) is 7.11 Å². The first kappa shape index (κ1) is 13.3. The van der Waals surface area contributed by atoms with E-state index in [4.69, 9.17) is 4.74 Å². The van der Waals surface area contributed by atoms with Gasteiger partial charge in [-0.2, -0.15) is 0 Å². The molecule has 2 aliphatic rings. The molecule has 2 fully saturated rings. The molecule has 0 bridgehead atoms. The van der Waals surface area contributed by atoms with Gasteiger partial charge in [0.05, 0.1) is 12.8 Å². The molecule has 0 spiro atoms. The second-order valence-electron chi connectivity index (χ2n) is 5.95. The molecule has 19 heavy (non-hydrogen) atoms. The van der Waals surface area contributed by atoms with Crippen molar-refractivity contribution < 1.29 is 4.74 Å². The van der Waals surface area contributed by atoms with Gasteiger partial charge in [-0.1, -0.05) is 28.8 Å². The number of halogens is 1. The van der Waals surface area contributed by atoms with Crippen LogP contribution in [0, 0.1) is 11.8 Å². The van der Waals surface area contributed by atoms with Gasteiger partial charge in [0.25, 0.3) is 0 Å². The molecule has 1 aromatic carbocycles. The summed E-state index contributed by atoms with van der Waals surface area (Å²) in [6, 6.07) is 6.79. The Labute approximate surface area is 124 Å². The number of rotatable bonds is 4. The van der Waals surface area contributed by atoms with Crippen molar-refractivity contribution in [2.75, 3.05) is 12.4 Å². The first-order chi connectivity index (χ1) is 9.26. The van der Waals surface area contributed by atoms with Gasteiger partial charge in [0, 0.05) is 10.5 Å². The fourth-order valence-corrected chi connectivity index (χ4v) is 3.73. The van der Waals surface area contributed by atoms with E-state index in [-0.39, 0.29) is 0 Å². The molecular weight excluding hydrogens is 302 g/mol. The Kier molecular flexibility index (Phi) is 4.01. The number of methoxy groups -OCH3 is 1. The van der Waals surface area contributed by atoms with E-state index in [1.165, 1.54) is 38.5 Å². The minimum absolute atomic E-state index is 0.613. The van der Waals surface area contributed by atoms with Crippen LogP contribution in [-0.4, -0.2) is 13.2 Å². The van der Waals surface area contributed by atoms with Gasteiger partial charge in [0.1, 0.15) is 5.75 Å². The lowest BCUT2D eigenvalue weighted by Gasteiger charge is -2.31. The number of hydrogen-bond donors (Lipinski definition) is 1. The minimum Gasteiger partial charge on any atom is -0.495 e. The fourth-order valence-electron chi connectivity index (χ4n) is 3.37. The van der Waals surface area contributed by atoms with Gasteiger partial charge < -0.3 is 10.1 Å². The summed E-state index contributed by atoms with van der Waals surface area (Å²) in [6.07, 6.45) is 8.38. The first-order valence-corrected chi connectivity index (χ1v) is 8.15. The van der Waals surface area contributed by atoms with Crippen molar-refractivity contribution in [3.63, 3.8) is 0 Å². The maximum absolute atomic E-state index is 5.45. The summed E-state index contributed by atoms with van der Waals surface area (Å²) >= 11 is 3.54. The van der Waals surface area contributed by atoms with Crippen LogP contribution in [0.5, 0.6) is 5.75 Å². The van der Waals surface area contributed by atoms with Crippen molar-refractivity contribution in [1.82, 2.24) is 0 Å². The third kappa shape index (κ3) is 3.25. The summed E-state index contributed by atoms with van der Waals surface area (Å²) in [5, 5.41) is 3.70. The van der Waals surface area contributed by atoms with E-state index in [0.717, 1.165) is 27.7 Å². The third-order valence-corrected chi connectivity index (χ3v) is 5.02. The summed E-state index contributed by atoms with van der Waals surface area (Å²) in [4.78, 5) is 0. The molecule has 2 nitrogen and oxygen atoms in total. The summed E-state index contributed by atoms with van der Waals surface area (Å²) < 4.78 is 6.55. The molecule has 0 amide bonds. The van der Waals surface area contributed by atoms with Crippen molar-refractivity contribution in [1.29, 1.82) is 0 Å². The zero-order valence-corrected chi connectivity index (χ0v) is 13.1. The van der Waals surface area contributed by atoms with Gasteiger partial charge in [-0.3, -0.25) is 0 Å². The molecule has 0 aromatic heterocycles. The summed E-state index contributed by atoms with van der Waals surface area (Å²) in [5.41, 5.74) is 1.12. The largest absolute Gasteiger partial charge is 0.495 e. The van der Waals surface area contributed by atoms with Crippen LogP contribution in [-0.2, 0) is 0 Å². The lowest BCUT2D eigenvalue weighted by molar-refractivity contribution is 0.302. The molecule has 104 valence electrons. The minimum atomic E-state index is 0.613. The molecular formula is C16H22BrNO. The highest BCUT2D eigenvalue weighted by Gasteiger charge is 2.34. The number of anilines is 1. The van der Waals surface area contributed by atoms with Crippen LogP contribution >= 0.6 is 15.9 Å². The van der Waals surface area contributed by atoms with Gasteiger partial charge in [0.2, 0.25) is 0 Å². The predicted octanol–water partition coefficient (Wildman–Crippen LogP) is 4.84. The van der Waals surface area contributed by atoms with Crippen LogP contribution < -0.4 is 10.1 Å². The van der Waals surface area contributed by atoms with Gasteiger partial charge in [-0.15, -0.1) is 0 Å². The highest BCUT2D eigenvalue weighted by Crippen LogP contribution is 2.44. The van der Waals surface area contributed by atoms with E-state index >= 15 is 0 Å². The number of benzene rings is 1. The summed E-state index contributed by atoms with van der Waals surface area (Å²) in [5.74, 6) is 2.94. The monoisotopic (exact) mass is 323 g/mol. The lowest BCUT2D eigenvalue weighted by atomic mass is 9.82. The average molecular weight is 324 g/mol. The van der Waals surface area contributed by atoms with E-state index in [9.17, 15) is 0 Å². The molecule has 3 rings (SSSR count). The highest BCUT2D eigenvalue weighted by atomic mass is 79.9. The predicted molar refractivity (Wildman–Crippen MR) is 82.8 cm³/mol. The van der Waals surface area contributed by atoms with Gasteiger partial charge in [0.15, 0.2) is 0 Å². The second kappa shape index (κ2) is 5.74. The molecule has 2 atom stereocenters. The average Bonchev–Trinajstić information content (AvgIpc) is 3.24. The van der Waals surface area contributed by atoms with E-state index in [2.05, 4.69) is 27.3 Å². The Morgan fingerprint density at radius 3 is 2.74 bits per heavy atom. The molecule has 2 saturated carbocycles. The Balaban J connectivity index is 1.68. The Morgan fingerprint density at radius 1 is 1.16 bits per heavy atom. The zero-order valence-electron chi connectivity index (χ0n) is 11.5. The number of hydrogen-bond acceptors (Lipinski definition) is 2. The second-order valence-corrected chi connectivity index (χ2v) is 6.87. The molecule has 2 unspecified atom stereocenters. The van der Waals surface area contributed by atoms with Crippen molar-refractivity contribution in [3.05, 3.63) is 22.7 Å². The molecule has 1 N–H and O–H groups in total. The molecule has 0 aliphatic heterocycles. The van der Waals surface area contributed by atoms with Crippen LogP contribution in [0.4, 0.5) is 5.69 Å². The van der Waals surface area contributed by atoms with Crippen LogP contribution in [0.15, 0.2) is 22.7 Å². The maximum atomic E-state index is 5.45. The normalized spacial score (nSPS) is 27.1. The number of nitrogens with one attached hydrogen (secondary N) is 1. The van der Waals surface area contributed by atoms with Crippen molar-refractivity contribution >= 4 is 21.6 Å². The van der Waals surface area contributed by atoms with Crippen LogP contribution in [0.3, 0.4) is 0 Å². The smallest absolute Gasteiger partial charge is 0.142 e. The molecule has 2 aliphatic carbocycles. The zero-order chi connectivity index (χ0) is 13.2. The van der Waals surface area contributed by atoms with E-state index < -0.39 is 0 Å². The first-order valence-electron chi connectivity index (χ1n) is 7.36. The summed E-state index contributed by atoms with van der Waals surface area (Å²) in [7, 11) is 1.74. The maximum Gasteiger partial charge on any atom is 0.142 e. The van der Waals surface area contributed by atoms with Crippen LogP contribution in [0.2, 0.25) is 0 Å². The standard InChI is InChI=1S/C16H22BrNO/c1-19-16-8-7-13(17)10-15(16)18-14-4-2-3-12(9-14)11-5-6-11/h7-8,10-12,14,18H,2-6,9H2,1H3. The third-order valence-electron chi connectivity index (χ3n) is 4.52. The molecule has 0 saturated heterocycles. The van der Waals surface area contributed by atoms with Gasteiger partial charge >= 0.3 is 0 Å². The number of ether oxygens (including phenoxy) is 1. The molecule has 3 heteroatoms. The van der Waals surface area contributed by atoms with Crippen molar-refractivity contribution in [2.45, 2.75) is 44.6 Å². The van der Waals surface area contributed by atoms with Crippen molar-refractivity contribution in [2.24, 2.45) is 11.8 Å².